The second-order valence-corrected chi connectivity index (χ2v) is 6.45. The summed E-state index contributed by atoms with van der Waals surface area (Å²) in [6, 6.07) is 9.20. The Bertz CT molecular complexity index is 597. The molecular weight excluding hydrogens is 306 g/mol. The van der Waals surface area contributed by atoms with E-state index in [0.29, 0.717) is 6.04 Å². The molecule has 24 heavy (non-hydrogen) atoms. The number of carbonyl (C=O) groups excluding carboxylic acids is 2. The second-order valence-electron chi connectivity index (χ2n) is 6.45. The third-order valence-corrected chi connectivity index (χ3v) is 5.06. The lowest BCUT2D eigenvalue weighted by atomic mass is 9.95. The highest BCUT2D eigenvalue weighted by molar-refractivity contribution is 5.82. The number of alkyl carbamates (subject to hydrolysis) is 1. The van der Waals surface area contributed by atoms with Crippen LogP contribution in [0.5, 0.6) is 0 Å². The minimum atomic E-state index is -0.565. The zero-order chi connectivity index (χ0) is 16.9. The van der Waals surface area contributed by atoms with Crippen LogP contribution in [0.25, 0.3) is 0 Å². The Morgan fingerprint density at radius 2 is 1.88 bits per heavy atom. The largest absolute Gasteiger partial charge is 0.453 e. The van der Waals surface area contributed by atoms with Crippen LogP contribution in [-0.4, -0.2) is 61.1 Å². The van der Waals surface area contributed by atoms with E-state index in [9.17, 15) is 9.59 Å². The predicted molar refractivity (Wildman–Crippen MR) is 90.6 cm³/mol. The van der Waals surface area contributed by atoms with E-state index in [1.54, 1.807) is 0 Å². The molecule has 0 aromatic heterocycles. The maximum atomic E-state index is 12.1. The van der Waals surface area contributed by atoms with Crippen LogP contribution >= 0.6 is 0 Å². The fraction of sp³-hybridized carbons (Fsp3) is 0.556. The number of hydrogen-bond donors (Lipinski definition) is 1. The average Bonchev–Trinajstić information content (AvgIpc) is 2.65. The SMILES string of the molecule is COC(=O)NCC(=O)N1CCC(N2CCc3ccccc3C2)CC1. The van der Waals surface area contributed by atoms with E-state index < -0.39 is 6.09 Å². The summed E-state index contributed by atoms with van der Waals surface area (Å²) >= 11 is 0. The first kappa shape index (κ1) is 16.8. The molecule has 0 spiro atoms. The summed E-state index contributed by atoms with van der Waals surface area (Å²) in [6.45, 7) is 3.63. The van der Waals surface area contributed by atoms with Gasteiger partial charge in [-0.2, -0.15) is 0 Å². The van der Waals surface area contributed by atoms with E-state index in [-0.39, 0.29) is 12.5 Å². The quantitative estimate of drug-likeness (QED) is 0.909. The summed E-state index contributed by atoms with van der Waals surface area (Å²) < 4.78 is 4.49. The van der Waals surface area contributed by atoms with Crippen molar-refractivity contribution in [2.75, 3.05) is 33.3 Å². The van der Waals surface area contributed by atoms with Crippen molar-refractivity contribution in [3.05, 3.63) is 35.4 Å². The third-order valence-electron chi connectivity index (χ3n) is 5.06. The number of rotatable bonds is 3. The van der Waals surface area contributed by atoms with Gasteiger partial charge in [0.25, 0.3) is 0 Å². The smallest absolute Gasteiger partial charge is 0.407 e. The van der Waals surface area contributed by atoms with Gasteiger partial charge < -0.3 is 15.0 Å². The molecular formula is C18H25N3O3. The van der Waals surface area contributed by atoms with Crippen molar-refractivity contribution < 1.29 is 14.3 Å². The standard InChI is InChI=1S/C18H25N3O3/c1-24-18(23)19-12-17(22)20-10-7-16(8-11-20)21-9-6-14-4-2-3-5-15(14)13-21/h2-5,16H,6-13H2,1H3,(H,19,23). The van der Waals surface area contributed by atoms with Gasteiger partial charge in [-0.15, -0.1) is 0 Å². The predicted octanol–water partition coefficient (Wildman–Crippen LogP) is 1.39. The first-order valence-corrected chi connectivity index (χ1v) is 8.58. The van der Waals surface area contributed by atoms with Crippen molar-refractivity contribution in [2.24, 2.45) is 0 Å². The molecule has 1 N–H and O–H groups in total. The van der Waals surface area contributed by atoms with Crippen molar-refractivity contribution in [1.29, 1.82) is 0 Å². The summed E-state index contributed by atoms with van der Waals surface area (Å²) in [5.74, 6) is -0.0390. The molecule has 2 aliphatic heterocycles. The number of methoxy groups -OCH3 is 1. The number of piperidine rings is 1. The lowest BCUT2D eigenvalue weighted by Gasteiger charge is -2.40. The van der Waals surface area contributed by atoms with Gasteiger partial charge in [0.05, 0.1) is 7.11 Å². The van der Waals surface area contributed by atoms with Crippen LogP contribution in [0.2, 0.25) is 0 Å². The molecule has 3 rings (SSSR count). The summed E-state index contributed by atoms with van der Waals surface area (Å²) in [6.07, 6.45) is 2.53. The van der Waals surface area contributed by atoms with Gasteiger partial charge in [0, 0.05) is 32.2 Å². The highest BCUT2D eigenvalue weighted by Crippen LogP contribution is 2.24. The maximum absolute atomic E-state index is 12.1. The number of hydrogen-bond acceptors (Lipinski definition) is 4. The number of fused-ring (bicyclic) bond motifs is 1. The van der Waals surface area contributed by atoms with Crippen LogP contribution < -0.4 is 5.32 Å². The molecule has 1 aromatic rings. The van der Waals surface area contributed by atoms with Crippen molar-refractivity contribution in [3.63, 3.8) is 0 Å². The third kappa shape index (κ3) is 3.87. The van der Waals surface area contributed by atoms with Gasteiger partial charge in [0.15, 0.2) is 0 Å². The molecule has 1 fully saturated rings. The van der Waals surface area contributed by atoms with Crippen molar-refractivity contribution in [1.82, 2.24) is 15.1 Å². The van der Waals surface area contributed by atoms with Crippen LogP contribution in [0.3, 0.4) is 0 Å². The van der Waals surface area contributed by atoms with Crippen LogP contribution in [0, 0.1) is 0 Å². The summed E-state index contributed by atoms with van der Waals surface area (Å²) in [7, 11) is 1.29. The Kier molecular flexibility index (Phi) is 5.35. The first-order chi connectivity index (χ1) is 11.7. The van der Waals surface area contributed by atoms with Gasteiger partial charge in [-0.3, -0.25) is 9.69 Å². The minimum Gasteiger partial charge on any atom is -0.453 e. The number of amides is 2. The first-order valence-electron chi connectivity index (χ1n) is 8.58. The number of carbonyl (C=O) groups is 2. The van der Waals surface area contributed by atoms with Gasteiger partial charge >= 0.3 is 6.09 Å². The molecule has 0 atom stereocenters. The van der Waals surface area contributed by atoms with Crippen LogP contribution in [0.1, 0.15) is 24.0 Å². The molecule has 130 valence electrons. The highest BCUT2D eigenvalue weighted by Gasteiger charge is 2.28. The monoisotopic (exact) mass is 331 g/mol. The van der Waals surface area contributed by atoms with Gasteiger partial charge in [-0.05, 0) is 30.4 Å². The Morgan fingerprint density at radius 3 is 2.58 bits per heavy atom. The fourth-order valence-electron chi connectivity index (χ4n) is 3.64. The minimum absolute atomic E-state index is 0.00836. The van der Waals surface area contributed by atoms with Crippen LogP contribution in [-0.2, 0) is 22.5 Å². The van der Waals surface area contributed by atoms with E-state index in [4.69, 9.17) is 0 Å². The number of benzene rings is 1. The Hall–Kier alpha value is -2.08. The van der Waals surface area contributed by atoms with E-state index in [1.807, 2.05) is 4.90 Å². The molecule has 0 unspecified atom stereocenters. The average molecular weight is 331 g/mol. The van der Waals surface area contributed by atoms with Crippen molar-refractivity contribution in [3.8, 4) is 0 Å². The molecule has 1 saturated heterocycles. The maximum Gasteiger partial charge on any atom is 0.407 e. The lowest BCUT2D eigenvalue weighted by molar-refractivity contribution is -0.131. The molecule has 0 radical (unpaired) electrons. The molecule has 6 heteroatoms. The summed E-state index contributed by atoms with van der Waals surface area (Å²) in [4.78, 5) is 27.5. The number of nitrogens with one attached hydrogen (secondary N) is 1. The molecule has 2 amide bonds. The molecule has 1 aromatic carbocycles. The highest BCUT2D eigenvalue weighted by atomic mass is 16.5. The lowest BCUT2D eigenvalue weighted by Crippen LogP contribution is -2.50. The fourth-order valence-corrected chi connectivity index (χ4v) is 3.64. The molecule has 0 aliphatic carbocycles. The van der Waals surface area contributed by atoms with E-state index >= 15 is 0 Å². The molecule has 0 saturated carbocycles. The van der Waals surface area contributed by atoms with Crippen LogP contribution in [0.4, 0.5) is 4.79 Å². The molecule has 2 aliphatic rings. The summed E-state index contributed by atoms with van der Waals surface area (Å²) in [5.41, 5.74) is 2.90. The van der Waals surface area contributed by atoms with Gasteiger partial charge in [-0.25, -0.2) is 4.79 Å². The van der Waals surface area contributed by atoms with Crippen LogP contribution in [0.15, 0.2) is 24.3 Å². The number of ether oxygens (including phenoxy) is 1. The van der Waals surface area contributed by atoms with Crippen molar-refractivity contribution >= 4 is 12.0 Å². The molecule has 2 heterocycles. The van der Waals surface area contributed by atoms with Gasteiger partial charge in [0.2, 0.25) is 5.91 Å². The normalized spacial score (nSPS) is 18.8. The van der Waals surface area contributed by atoms with E-state index in [0.717, 1.165) is 45.4 Å². The van der Waals surface area contributed by atoms with Crippen molar-refractivity contribution in [2.45, 2.75) is 31.8 Å². The van der Waals surface area contributed by atoms with Gasteiger partial charge in [-0.1, -0.05) is 24.3 Å². The second kappa shape index (κ2) is 7.66. The van der Waals surface area contributed by atoms with Gasteiger partial charge in [0.1, 0.15) is 6.54 Å². The summed E-state index contributed by atoms with van der Waals surface area (Å²) in [5, 5.41) is 2.45. The Morgan fingerprint density at radius 1 is 1.17 bits per heavy atom. The molecule has 0 bridgehead atoms. The Labute approximate surface area is 142 Å². The zero-order valence-corrected chi connectivity index (χ0v) is 14.2. The van der Waals surface area contributed by atoms with E-state index in [2.05, 4.69) is 39.2 Å². The number of likely N-dealkylation sites (tertiary alicyclic amines) is 1. The number of nitrogens with zero attached hydrogens (tertiary/aromatic N) is 2. The van der Waals surface area contributed by atoms with E-state index in [1.165, 1.54) is 18.2 Å². The topological polar surface area (TPSA) is 61.9 Å². The Balaban J connectivity index is 1.47. The molecule has 6 nitrogen and oxygen atoms in total. The zero-order valence-electron chi connectivity index (χ0n) is 14.2.